The molecule has 0 saturated heterocycles. The van der Waals surface area contributed by atoms with Gasteiger partial charge in [-0.25, -0.2) is 4.98 Å². The number of rotatable bonds is 8. The molecular weight excluding hydrogens is 408 g/mol. The van der Waals surface area contributed by atoms with Gasteiger partial charge in [0.2, 0.25) is 11.8 Å². The number of nitrogens with one attached hydrogen (secondary N) is 2. The number of thiazole rings is 1. The number of amides is 2. The Bertz CT molecular complexity index is 996. The molecule has 29 heavy (non-hydrogen) atoms. The van der Waals surface area contributed by atoms with Crippen molar-refractivity contribution in [1.29, 1.82) is 0 Å². The lowest BCUT2D eigenvalue weighted by Crippen LogP contribution is -2.18. The molecule has 2 amide bonds. The van der Waals surface area contributed by atoms with Gasteiger partial charge in [0, 0.05) is 17.4 Å². The van der Waals surface area contributed by atoms with Gasteiger partial charge in [-0.3, -0.25) is 9.59 Å². The van der Waals surface area contributed by atoms with Crippen LogP contribution in [0.1, 0.15) is 27.5 Å². The van der Waals surface area contributed by atoms with Gasteiger partial charge in [-0.05, 0) is 26.3 Å². The van der Waals surface area contributed by atoms with Gasteiger partial charge in [0.05, 0.1) is 17.2 Å². The molecule has 0 fully saturated rings. The number of hydrogen-bond acceptors (Lipinski definition) is 7. The Hall–Kier alpha value is -2.65. The highest BCUT2D eigenvalue weighted by Gasteiger charge is 2.12. The predicted molar refractivity (Wildman–Crippen MR) is 117 cm³/mol. The van der Waals surface area contributed by atoms with Crippen molar-refractivity contribution < 1.29 is 14.1 Å². The molecule has 3 aromatic rings. The van der Waals surface area contributed by atoms with E-state index in [1.807, 2.05) is 6.92 Å². The summed E-state index contributed by atoms with van der Waals surface area (Å²) < 4.78 is 4.89. The number of benzene rings is 1. The molecule has 9 heteroatoms. The standard InChI is InChI=1S/C20H22N4O3S2/c1-12-4-6-15(7-5-12)9-16-14(3)21-20(29-16)23-19(26)11-28-10-18(25)22-17-8-13(2)27-24-17/h4-8H,9-11H2,1-3H3,(H,21,23,26)(H,22,24,25). The van der Waals surface area contributed by atoms with Crippen LogP contribution >= 0.6 is 23.1 Å². The zero-order valence-corrected chi connectivity index (χ0v) is 18.1. The van der Waals surface area contributed by atoms with Crippen LogP contribution in [0.15, 0.2) is 34.9 Å². The summed E-state index contributed by atoms with van der Waals surface area (Å²) in [6, 6.07) is 10.0. The Kier molecular flexibility index (Phi) is 7.05. The normalized spacial score (nSPS) is 10.7. The second kappa shape index (κ2) is 9.71. The summed E-state index contributed by atoms with van der Waals surface area (Å²) in [5, 5.41) is 9.71. The maximum Gasteiger partial charge on any atom is 0.236 e. The Morgan fingerprint density at radius 1 is 1.07 bits per heavy atom. The van der Waals surface area contributed by atoms with Crippen LogP contribution in [-0.4, -0.2) is 33.5 Å². The van der Waals surface area contributed by atoms with Crippen LogP contribution in [0.3, 0.4) is 0 Å². The molecule has 0 aliphatic rings. The van der Waals surface area contributed by atoms with Gasteiger partial charge in [-0.15, -0.1) is 23.1 Å². The molecule has 152 valence electrons. The van der Waals surface area contributed by atoms with Crippen molar-refractivity contribution >= 4 is 45.9 Å². The summed E-state index contributed by atoms with van der Waals surface area (Å²) in [6.07, 6.45) is 0.788. The molecule has 2 N–H and O–H groups in total. The fourth-order valence-electron chi connectivity index (χ4n) is 2.53. The summed E-state index contributed by atoms with van der Waals surface area (Å²) >= 11 is 2.70. The van der Waals surface area contributed by atoms with E-state index in [-0.39, 0.29) is 23.3 Å². The topological polar surface area (TPSA) is 97.1 Å². The monoisotopic (exact) mass is 430 g/mol. The fourth-order valence-corrected chi connectivity index (χ4v) is 4.16. The van der Waals surface area contributed by atoms with Crippen LogP contribution in [-0.2, 0) is 16.0 Å². The van der Waals surface area contributed by atoms with Gasteiger partial charge in [0.25, 0.3) is 0 Å². The maximum atomic E-state index is 12.1. The average Bonchev–Trinajstić information content (AvgIpc) is 3.22. The maximum absolute atomic E-state index is 12.1. The van der Waals surface area contributed by atoms with Gasteiger partial charge >= 0.3 is 0 Å². The number of aromatic nitrogens is 2. The van der Waals surface area contributed by atoms with Gasteiger partial charge < -0.3 is 15.2 Å². The van der Waals surface area contributed by atoms with Crippen LogP contribution in [0.5, 0.6) is 0 Å². The zero-order chi connectivity index (χ0) is 20.8. The van der Waals surface area contributed by atoms with Crippen LogP contribution in [0.4, 0.5) is 10.9 Å². The molecule has 1 aromatic carbocycles. The van der Waals surface area contributed by atoms with Gasteiger partial charge in [0.1, 0.15) is 5.76 Å². The molecule has 0 radical (unpaired) electrons. The van der Waals surface area contributed by atoms with E-state index in [1.54, 1.807) is 13.0 Å². The SMILES string of the molecule is Cc1ccc(Cc2sc(NC(=O)CSCC(=O)Nc3cc(C)on3)nc2C)cc1. The van der Waals surface area contributed by atoms with E-state index in [2.05, 4.69) is 52.0 Å². The Morgan fingerprint density at radius 2 is 1.76 bits per heavy atom. The van der Waals surface area contributed by atoms with E-state index in [4.69, 9.17) is 4.52 Å². The molecule has 0 aliphatic carbocycles. The van der Waals surface area contributed by atoms with E-state index < -0.39 is 0 Å². The van der Waals surface area contributed by atoms with Crippen molar-refractivity contribution in [3.63, 3.8) is 0 Å². The smallest absolute Gasteiger partial charge is 0.236 e. The number of anilines is 2. The lowest BCUT2D eigenvalue weighted by atomic mass is 10.1. The predicted octanol–water partition coefficient (Wildman–Crippen LogP) is 3.96. The first kappa shape index (κ1) is 21.1. The first-order valence-electron chi connectivity index (χ1n) is 9.01. The third kappa shape index (κ3) is 6.43. The minimum atomic E-state index is -0.235. The molecular formula is C20H22N4O3S2. The van der Waals surface area contributed by atoms with E-state index in [0.717, 1.165) is 17.0 Å². The van der Waals surface area contributed by atoms with E-state index in [0.29, 0.717) is 16.7 Å². The van der Waals surface area contributed by atoms with Crippen molar-refractivity contribution in [1.82, 2.24) is 10.1 Å². The highest BCUT2D eigenvalue weighted by Crippen LogP contribution is 2.25. The Morgan fingerprint density at radius 3 is 2.41 bits per heavy atom. The minimum Gasteiger partial charge on any atom is -0.360 e. The number of carbonyl (C=O) groups excluding carboxylic acids is 2. The van der Waals surface area contributed by atoms with E-state index in [9.17, 15) is 9.59 Å². The van der Waals surface area contributed by atoms with Crippen LogP contribution in [0.25, 0.3) is 0 Å². The molecule has 7 nitrogen and oxygen atoms in total. The fraction of sp³-hybridized carbons (Fsp3) is 0.300. The second-order valence-corrected chi connectivity index (χ2v) is 8.67. The second-order valence-electron chi connectivity index (χ2n) is 6.60. The van der Waals surface area contributed by atoms with Gasteiger partial charge in [-0.2, -0.15) is 0 Å². The minimum absolute atomic E-state index is 0.148. The van der Waals surface area contributed by atoms with Crippen molar-refractivity contribution in [2.24, 2.45) is 0 Å². The Labute approximate surface area is 177 Å². The first-order valence-corrected chi connectivity index (χ1v) is 11.0. The highest BCUT2D eigenvalue weighted by molar-refractivity contribution is 8.00. The van der Waals surface area contributed by atoms with E-state index >= 15 is 0 Å². The summed E-state index contributed by atoms with van der Waals surface area (Å²) in [6.45, 7) is 5.75. The molecule has 0 aliphatic heterocycles. The van der Waals surface area contributed by atoms with Crippen LogP contribution in [0.2, 0.25) is 0 Å². The summed E-state index contributed by atoms with van der Waals surface area (Å²) in [5.74, 6) is 0.883. The van der Waals surface area contributed by atoms with Crippen molar-refractivity contribution in [3.8, 4) is 0 Å². The molecule has 0 saturated carbocycles. The molecule has 0 bridgehead atoms. The summed E-state index contributed by atoms with van der Waals surface area (Å²) in [5.41, 5.74) is 3.36. The number of nitrogens with zero attached hydrogens (tertiary/aromatic N) is 2. The largest absolute Gasteiger partial charge is 0.360 e. The van der Waals surface area contributed by atoms with Crippen LogP contribution < -0.4 is 10.6 Å². The molecule has 0 spiro atoms. The van der Waals surface area contributed by atoms with Gasteiger partial charge in [0.15, 0.2) is 10.9 Å². The van der Waals surface area contributed by atoms with Crippen molar-refractivity contribution in [2.45, 2.75) is 27.2 Å². The summed E-state index contributed by atoms with van der Waals surface area (Å²) in [4.78, 5) is 29.6. The quantitative estimate of drug-likeness (QED) is 0.561. The number of thioether (sulfide) groups is 1. The number of carbonyl (C=O) groups is 2. The van der Waals surface area contributed by atoms with Crippen molar-refractivity contribution in [2.75, 3.05) is 22.1 Å². The summed E-state index contributed by atoms with van der Waals surface area (Å²) in [7, 11) is 0. The molecule has 2 heterocycles. The molecule has 3 rings (SSSR count). The lowest BCUT2D eigenvalue weighted by molar-refractivity contribution is -0.114. The molecule has 0 unspecified atom stereocenters. The number of aryl methyl sites for hydroxylation is 3. The third-order valence-electron chi connectivity index (χ3n) is 3.99. The number of hydrogen-bond donors (Lipinski definition) is 2. The lowest BCUT2D eigenvalue weighted by Gasteiger charge is -2.02. The molecule has 2 aromatic heterocycles. The Balaban J connectivity index is 1.44. The average molecular weight is 431 g/mol. The van der Waals surface area contributed by atoms with E-state index in [1.165, 1.54) is 34.2 Å². The van der Waals surface area contributed by atoms with Crippen LogP contribution in [0, 0.1) is 20.8 Å². The molecule has 0 atom stereocenters. The zero-order valence-electron chi connectivity index (χ0n) is 16.4. The first-order chi connectivity index (χ1) is 13.9. The highest BCUT2D eigenvalue weighted by atomic mass is 32.2. The van der Waals surface area contributed by atoms with Crippen molar-refractivity contribution in [3.05, 3.63) is 57.8 Å². The van der Waals surface area contributed by atoms with Gasteiger partial charge in [-0.1, -0.05) is 35.0 Å². The third-order valence-corrected chi connectivity index (χ3v) is 5.99.